The molecule has 0 bridgehead atoms. The molecule has 0 N–H and O–H groups in total. The van der Waals surface area contributed by atoms with Gasteiger partial charge in [-0.1, -0.05) is 22.5 Å². The van der Waals surface area contributed by atoms with Gasteiger partial charge in [0.05, 0.1) is 18.2 Å². The van der Waals surface area contributed by atoms with Crippen molar-refractivity contribution < 1.29 is 9.26 Å². The molecule has 0 spiro atoms. The number of methoxy groups -OCH3 is 1. The van der Waals surface area contributed by atoms with Crippen LogP contribution in [0.1, 0.15) is 19.9 Å². The summed E-state index contributed by atoms with van der Waals surface area (Å²) in [4.78, 5) is 4.50. The first kappa shape index (κ1) is 15.3. The highest BCUT2D eigenvalue weighted by Crippen LogP contribution is 2.30. The Kier molecular flexibility index (Phi) is 3.68. The van der Waals surface area contributed by atoms with Crippen LogP contribution in [0.4, 0.5) is 0 Å². The van der Waals surface area contributed by atoms with Crippen LogP contribution in [0.15, 0.2) is 47.0 Å². The van der Waals surface area contributed by atoms with Crippen molar-refractivity contribution in [3.63, 3.8) is 0 Å². The first-order valence-electron chi connectivity index (χ1n) is 8.00. The van der Waals surface area contributed by atoms with E-state index in [0.29, 0.717) is 17.5 Å². The largest absolute Gasteiger partial charge is 0.496 e. The molecule has 0 radical (unpaired) electrons. The fourth-order valence-corrected chi connectivity index (χ4v) is 2.74. The quantitative estimate of drug-likeness (QED) is 0.565. The van der Waals surface area contributed by atoms with Gasteiger partial charge in [-0.3, -0.25) is 0 Å². The first-order chi connectivity index (χ1) is 12.2. The van der Waals surface area contributed by atoms with Gasteiger partial charge in [0.2, 0.25) is 5.82 Å². The highest BCUT2D eigenvalue weighted by molar-refractivity contribution is 5.80. The monoisotopic (exact) mass is 335 g/mol. The molecule has 0 saturated heterocycles. The number of hydrogen-bond donors (Lipinski definition) is 0. The summed E-state index contributed by atoms with van der Waals surface area (Å²) < 4.78 is 12.7. The smallest absolute Gasteiger partial charge is 0.258 e. The Hall–Kier alpha value is -3.22. The van der Waals surface area contributed by atoms with Crippen LogP contribution in [0.2, 0.25) is 0 Å². The van der Waals surface area contributed by atoms with Crippen molar-refractivity contribution >= 4 is 11.0 Å². The second kappa shape index (κ2) is 6.01. The molecule has 7 nitrogen and oxygen atoms in total. The van der Waals surface area contributed by atoms with Gasteiger partial charge in [-0.15, -0.1) is 5.10 Å². The molecular weight excluding hydrogens is 318 g/mol. The third-order valence-corrected chi connectivity index (χ3v) is 3.98. The number of rotatable bonds is 4. The van der Waals surface area contributed by atoms with Gasteiger partial charge in [-0.25, -0.2) is 4.68 Å². The lowest BCUT2D eigenvalue weighted by molar-refractivity contribution is 0.413. The van der Waals surface area contributed by atoms with Crippen LogP contribution in [0.25, 0.3) is 33.9 Å². The van der Waals surface area contributed by atoms with Gasteiger partial charge in [0.1, 0.15) is 11.3 Å². The van der Waals surface area contributed by atoms with Crippen LogP contribution in [0.5, 0.6) is 5.75 Å². The molecule has 0 aliphatic heterocycles. The van der Waals surface area contributed by atoms with E-state index in [9.17, 15) is 0 Å². The van der Waals surface area contributed by atoms with E-state index in [2.05, 4.69) is 34.3 Å². The van der Waals surface area contributed by atoms with Gasteiger partial charge in [0.15, 0.2) is 0 Å². The number of para-hydroxylation sites is 1. The lowest BCUT2D eigenvalue weighted by Gasteiger charge is -2.04. The summed E-state index contributed by atoms with van der Waals surface area (Å²) in [5.41, 5.74) is 3.36. The maximum atomic E-state index is 5.44. The normalized spacial score (nSPS) is 11.4. The summed E-state index contributed by atoms with van der Waals surface area (Å²) in [6, 6.07) is 13.6. The highest BCUT2D eigenvalue weighted by Gasteiger charge is 2.15. The van der Waals surface area contributed by atoms with E-state index in [-0.39, 0.29) is 6.04 Å². The predicted octanol–water partition coefficient (Wildman–Crippen LogP) is 3.74. The van der Waals surface area contributed by atoms with Crippen molar-refractivity contribution in [2.45, 2.75) is 19.9 Å². The molecule has 0 atom stereocenters. The van der Waals surface area contributed by atoms with Crippen LogP contribution >= 0.6 is 0 Å². The third-order valence-electron chi connectivity index (χ3n) is 3.98. The van der Waals surface area contributed by atoms with E-state index in [1.54, 1.807) is 7.11 Å². The Morgan fingerprint density at radius 2 is 1.96 bits per heavy atom. The predicted molar refractivity (Wildman–Crippen MR) is 93.2 cm³/mol. The number of hydrogen-bond acceptors (Lipinski definition) is 6. The van der Waals surface area contributed by atoms with Crippen molar-refractivity contribution in [1.82, 2.24) is 25.1 Å². The summed E-state index contributed by atoms with van der Waals surface area (Å²) in [6.45, 7) is 4.14. The topological polar surface area (TPSA) is 78.9 Å². The molecule has 25 heavy (non-hydrogen) atoms. The van der Waals surface area contributed by atoms with Crippen molar-refractivity contribution in [3.05, 3.63) is 42.5 Å². The summed E-state index contributed by atoms with van der Waals surface area (Å²) in [7, 11) is 1.62. The second-order valence-corrected chi connectivity index (χ2v) is 5.95. The molecule has 2 aromatic heterocycles. The molecule has 0 fully saturated rings. The second-order valence-electron chi connectivity index (χ2n) is 5.95. The lowest BCUT2D eigenvalue weighted by Crippen LogP contribution is -2.02. The minimum Gasteiger partial charge on any atom is -0.496 e. The minimum absolute atomic E-state index is 0.247. The van der Waals surface area contributed by atoms with Crippen LogP contribution in [-0.4, -0.2) is 32.2 Å². The Morgan fingerprint density at radius 1 is 1.12 bits per heavy atom. The Bertz CT molecular complexity index is 1030. The van der Waals surface area contributed by atoms with E-state index in [1.807, 2.05) is 47.1 Å². The van der Waals surface area contributed by atoms with Gasteiger partial charge < -0.3 is 9.26 Å². The molecule has 0 amide bonds. The van der Waals surface area contributed by atoms with Crippen LogP contribution in [0.3, 0.4) is 0 Å². The molecular formula is C18H17N5O2. The third kappa shape index (κ3) is 2.63. The van der Waals surface area contributed by atoms with Crippen LogP contribution < -0.4 is 4.74 Å². The molecule has 0 unspecified atom stereocenters. The average Bonchev–Trinajstić information content (AvgIpc) is 3.28. The summed E-state index contributed by atoms with van der Waals surface area (Å²) in [5, 5.41) is 12.5. The number of benzene rings is 2. The Labute approximate surface area is 144 Å². The van der Waals surface area contributed by atoms with E-state index in [0.717, 1.165) is 22.2 Å². The lowest BCUT2D eigenvalue weighted by atomic mass is 10.2. The van der Waals surface area contributed by atoms with Crippen molar-refractivity contribution in [1.29, 1.82) is 0 Å². The Morgan fingerprint density at radius 3 is 2.76 bits per heavy atom. The molecule has 0 aliphatic rings. The molecule has 2 aromatic carbocycles. The van der Waals surface area contributed by atoms with Crippen LogP contribution in [0, 0.1) is 0 Å². The van der Waals surface area contributed by atoms with E-state index in [1.165, 1.54) is 0 Å². The molecule has 126 valence electrons. The van der Waals surface area contributed by atoms with Crippen LogP contribution in [-0.2, 0) is 0 Å². The first-order valence-corrected chi connectivity index (χ1v) is 8.00. The van der Waals surface area contributed by atoms with Gasteiger partial charge in [-0.2, -0.15) is 4.98 Å². The molecule has 0 aliphatic carbocycles. The zero-order valence-electron chi connectivity index (χ0n) is 14.2. The zero-order valence-corrected chi connectivity index (χ0v) is 14.2. The highest BCUT2D eigenvalue weighted by atomic mass is 16.5. The summed E-state index contributed by atoms with van der Waals surface area (Å²) in [6.07, 6.45) is 0. The van der Waals surface area contributed by atoms with E-state index >= 15 is 0 Å². The van der Waals surface area contributed by atoms with Gasteiger partial charge >= 0.3 is 0 Å². The maximum absolute atomic E-state index is 5.44. The zero-order chi connectivity index (χ0) is 17.4. The number of aromatic nitrogens is 5. The molecule has 0 saturated carbocycles. The molecule has 7 heteroatoms. The van der Waals surface area contributed by atoms with Crippen molar-refractivity contribution in [2.24, 2.45) is 0 Å². The SMILES string of the molecule is COc1ccccc1-c1noc(-c2ccc3c(c2)nnn3C(C)C)n1. The average molecular weight is 335 g/mol. The molecule has 4 aromatic rings. The number of ether oxygens (including phenoxy) is 1. The van der Waals surface area contributed by atoms with Crippen molar-refractivity contribution in [3.8, 4) is 28.6 Å². The molecule has 2 heterocycles. The summed E-state index contributed by atoms with van der Waals surface area (Å²) in [5.74, 6) is 1.62. The number of fused-ring (bicyclic) bond motifs is 1. The summed E-state index contributed by atoms with van der Waals surface area (Å²) >= 11 is 0. The van der Waals surface area contributed by atoms with Gasteiger partial charge in [-0.05, 0) is 44.2 Å². The van der Waals surface area contributed by atoms with E-state index < -0.39 is 0 Å². The Balaban J connectivity index is 1.74. The maximum Gasteiger partial charge on any atom is 0.258 e. The van der Waals surface area contributed by atoms with Gasteiger partial charge in [0.25, 0.3) is 5.89 Å². The van der Waals surface area contributed by atoms with Gasteiger partial charge in [0, 0.05) is 11.6 Å². The fraction of sp³-hybridized carbons (Fsp3) is 0.222. The fourth-order valence-electron chi connectivity index (χ4n) is 2.74. The molecule has 4 rings (SSSR count). The minimum atomic E-state index is 0.247. The van der Waals surface area contributed by atoms with E-state index in [4.69, 9.17) is 9.26 Å². The van der Waals surface area contributed by atoms with Crippen molar-refractivity contribution in [2.75, 3.05) is 7.11 Å². The number of nitrogens with zero attached hydrogens (tertiary/aromatic N) is 5. The standard InChI is InChI=1S/C18H17N5O2/c1-11(2)23-15-9-8-12(10-14(15)20-22-23)18-19-17(21-25-18)13-6-4-5-7-16(13)24-3/h4-11H,1-3H3.